The summed E-state index contributed by atoms with van der Waals surface area (Å²) in [7, 11) is 0. The average molecular weight is 154 g/mol. The Labute approximate surface area is 69.2 Å². The van der Waals surface area contributed by atoms with Gasteiger partial charge in [0.25, 0.3) is 0 Å². The van der Waals surface area contributed by atoms with Crippen molar-refractivity contribution in [3.63, 3.8) is 0 Å². The summed E-state index contributed by atoms with van der Waals surface area (Å²) < 4.78 is 0. The van der Waals surface area contributed by atoms with Crippen LogP contribution in [0, 0.1) is 0 Å². The van der Waals surface area contributed by atoms with Gasteiger partial charge in [0.15, 0.2) is 0 Å². The topological polar surface area (TPSA) is 38.4 Å². The van der Waals surface area contributed by atoms with Crippen LogP contribution < -0.4 is 5.73 Å². The molecular formula is C9H18N2. The molecule has 0 radical (unpaired) electrons. The van der Waals surface area contributed by atoms with E-state index in [-0.39, 0.29) is 0 Å². The minimum absolute atomic E-state index is 0.763. The summed E-state index contributed by atoms with van der Waals surface area (Å²) in [5, 5.41) is 0. The number of nitrogens with two attached hydrogens (primary N) is 1. The molecule has 0 aromatic carbocycles. The molecule has 2 nitrogen and oxygen atoms in total. The molecule has 0 aromatic rings. The molecule has 0 rings (SSSR count). The van der Waals surface area contributed by atoms with Crippen LogP contribution >= 0.6 is 0 Å². The summed E-state index contributed by atoms with van der Waals surface area (Å²) in [5.74, 6) is 0. The van der Waals surface area contributed by atoms with Crippen molar-refractivity contribution < 1.29 is 0 Å². The summed E-state index contributed by atoms with van der Waals surface area (Å²) in [5.41, 5.74) is 6.65. The molecule has 2 N–H and O–H groups in total. The summed E-state index contributed by atoms with van der Waals surface area (Å²) in [6.45, 7) is 8.98. The smallest absolute Gasteiger partial charge is 0.0385 e. The number of hydrogen-bond acceptors (Lipinski definition) is 2. The summed E-state index contributed by atoms with van der Waals surface area (Å²) >= 11 is 0. The van der Waals surface area contributed by atoms with E-state index in [1.807, 2.05) is 0 Å². The van der Waals surface area contributed by atoms with E-state index in [1.54, 1.807) is 0 Å². The number of nitrogens with zero attached hydrogens (tertiary/aromatic N) is 1. The van der Waals surface area contributed by atoms with Gasteiger partial charge in [-0.25, -0.2) is 0 Å². The second kappa shape index (κ2) is 7.48. The van der Waals surface area contributed by atoms with Gasteiger partial charge in [0.05, 0.1) is 0 Å². The first-order valence-corrected chi connectivity index (χ1v) is 4.10. The highest BCUT2D eigenvalue weighted by Crippen LogP contribution is 2.08. The molecule has 0 bridgehead atoms. The third-order valence-electron chi connectivity index (χ3n) is 1.58. The Morgan fingerprint density at radius 2 is 1.91 bits per heavy atom. The van der Waals surface area contributed by atoms with Crippen LogP contribution in [0.25, 0.3) is 0 Å². The van der Waals surface area contributed by atoms with Gasteiger partial charge in [-0.3, -0.25) is 0 Å². The first-order valence-electron chi connectivity index (χ1n) is 4.10. The maximum Gasteiger partial charge on any atom is 0.0385 e. The fraction of sp³-hybridized carbons (Fsp3) is 0.667. The molecule has 0 aliphatic rings. The lowest BCUT2D eigenvalue weighted by molar-refractivity contribution is 0.748. The Balaban J connectivity index is 3.15. The number of aliphatic imine (C=N–C) groups is 1. The average Bonchev–Trinajstić information content (AvgIpc) is 2.01. The van der Waals surface area contributed by atoms with Crippen LogP contribution in [0.15, 0.2) is 17.1 Å². The summed E-state index contributed by atoms with van der Waals surface area (Å²) in [4.78, 5) is 3.77. The highest BCUT2D eigenvalue weighted by atomic mass is 14.7. The Morgan fingerprint density at radius 3 is 2.45 bits per heavy atom. The molecule has 64 valence electrons. The molecule has 0 spiro atoms. The molecule has 2 heteroatoms. The monoisotopic (exact) mass is 154 g/mol. The third-order valence-corrected chi connectivity index (χ3v) is 1.58. The molecule has 0 unspecified atom stereocenters. The van der Waals surface area contributed by atoms with Crippen LogP contribution in [0.5, 0.6) is 0 Å². The lowest BCUT2D eigenvalue weighted by Crippen LogP contribution is -1.98. The van der Waals surface area contributed by atoms with Gasteiger partial charge in [-0.05, 0) is 38.9 Å². The van der Waals surface area contributed by atoms with E-state index in [1.165, 1.54) is 5.57 Å². The van der Waals surface area contributed by atoms with Gasteiger partial charge in [0, 0.05) is 6.54 Å². The lowest BCUT2D eigenvalue weighted by atomic mass is 10.1. The predicted octanol–water partition coefficient (Wildman–Crippen LogP) is 1.76. The zero-order valence-corrected chi connectivity index (χ0v) is 7.18. The molecule has 0 aliphatic carbocycles. The SMILES string of the molecule is C=NCCCC(=C)CCCN. The highest BCUT2D eigenvalue weighted by Gasteiger charge is 1.92. The second-order valence-corrected chi connectivity index (χ2v) is 2.69. The van der Waals surface area contributed by atoms with Crippen molar-refractivity contribution in [1.82, 2.24) is 0 Å². The molecule has 0 fully saturated rings. The Kier molecular flexibility index (Phi) is 7.05. The van der Waals surface area contributed by atoms with Gasteiger partial charge in [-0.2, -0.15) is 0 Å². The second-order valence-electron chi connectivity index (χ2n) is 2.69. The van der Waals surface area contributed by atoms with Crippen LogP contribution in [0.3, 0.4) is 0 Å². The molecule has 0 heterocycles. The lowest BCUT2D eigenvalue weighted by Gasteiger charge is -2.01. The van der Waals surface area contributed by atoms with Crippen molar-refractivity contribution in [3.8, 4) is 0 Å². The van der Waals surface area contributed by atoms with Gasteiger partial charge in [0.2, 0.25) is 0 Å². The number of hydrogen-bond donors (Lipinski definition) is 1. The van der Waals surface area contributed by atoms with E-state index in [0.29, 0.717) is 0 Å². The van der Waals surface area contributed by atoms with Gasteiger partial charge >= 0.3 is 0 Å². The minimum atomic E-state index is 0.763. The number of rotatable bonds is 7. The van der Waals surface area contributed by atoms with Gasteiger partial charge < -0.3 is 10.7 Å². The maximum absolute atomic E-state index is 5.36. The molecule has 0 saturated carbocycles. The van der Waals surface area contributed by atoms with Gasteiger partial charge in [0.1, 0.15) is 0 Å². The largest absolute Gasteiger partial charge is 0.330 e. The van der Waals surface area contributed by atoms with Crippen LogP contribution in [0.4, 0.5) is 0 Å². The standard InChI is InChI=1S/C9H18N2/c1-9(5-3-7-10)6-4-8-11-2/h1-8,10H2. The van der Waals surface area contributed by atoms with Crippen molar-refractivity contribution in [2.75, 3.05) is 13.1 Å². The first-order chi connectivity index (χ1) is 5.31. The van der Waals surface area contributed by atoms with Crippen molar-refractivity contribution in [2.24, 2.45) is 10.7 Å². The Bertz CT molecular complexity index is 119. The van der Waals surface area contributed by atoms with Crippen molar-refractivity contribution in [2.45, 2.75) is 25.7 Å². The van der Waals surface area contributed by atoms with E-state index in [0.717, 1.165) is 38.8 Å². The van der Waals surface area contributed by atoms with Crippen LogP contribution in [-0.2, 0) is 0 Å². The van der Waals surface area contributed by atoms with Crippen LogP contribution in [0.2, 0.25) is 0 Å². The summed E-state index contributed by atoms with van der Waals surface area (Å²) in [6.07, 6.45) is 4.26. The van der Waals surface area contributed by atoms with Crippen LogP contribution in [0.1, 0.15) is 25.7 Å². The Hall–Kier alpha value is -0.630. The van der Waals surface area contributed by atoms with Gasteiger partial charge in [-0.15, -0.1) is 0 Å². The molecule has 11 heavy (non-hydrogen) atoms. The zero-order valence-electron chi connectivity index (χ0n) is 7.18. The van der Waals surface area contributed by atoms with Crippen molar-refractivity contribution in [1.29, 1.82) is 0 Å². The first kappa shape index (κ1) is 10.4. The third kappa shape index (κ3) is 7.26. The quantitative estimate of drug-likeness (QED) is 0.339. The molecule has 0 aromatic heterocycles. The van der Waals surface area contributed by atoms with Crippen LogP contribution in [-0.4, -0.2) is 19.8 Å². The predicted molar refractivity (Wildman–Crippen MR) is 51.1 cm³/mol. The van der Waals surface area contributed by atoms with Gasteiger partial charge in [-0.1, -0.05) is 12.2 Å². The number of allylic oxidation sites excluding steroid dienone is 1. The van der Waals surface area contributed by atoms with E-state index < -0.39 is 0 Å². The van der Waals surface area contributed by atoms with Crippen molar-refractivity contribution >= 4 is 6.72 Å². The molecule has 0 amide bonds. The van der Waals surface area contributed by atoms with E-state index in [2.05, 4.69) is 18.3 Å². The fourth-order valence-corrected chi connectivity index (χ4v) is 0.918. The van der Waals surface area contributed by atoms with Crippen molar-refractivity contribution in [3.05, 3.63) is 12.2 Å². The van der Waals surface area contributed by atoms with E-state index in [4.69, 9.17) is 5.73 Å². The molecular weight excluding hydrogens is 136 g/mol. The molecule has 0 atom stereocenters. The minimum Gasteiger partial charge on any atom is -0.330 e. The zero-order chi connectivity index (χ0) is 8.53. The van der Waals surface area contributed by atoms with E-state index in [9.17, 15) is 0 Å². The molecule has 0 aliphatic heterocycles. The maximum atomic E-state index is 5.36. The molecule has 0 saturated heterocycles. The highest BCUT2D eigenvalue weighted by molar-refractivity contribution is 5.23. The fourth-order valence-electron chi connectivity index (χ4n) is 0.918. The normalized spacial score (nSPS) is 9.55. The Morgan fingerprint density at radius 1 is 1.27 bits per heavy atom. The summed E-state index contributed by atoms with van der Waals surface area (Å²) in [6, 6.07) is 0. The van der Waals surface area contributed by atoms with E-state index >= 15 is 0 Å².